The molecule has 23 heavy (non-hydrogen) atoms. The van der Waals surface area contributed by atoms with Crippen LogP contribution in [0.3, 0.4) is 0 Å². The third-order valence-corrected chi connectivity index (χ3v) is 2.13. The van der Waals surface area contributed by atoms with Crippen LogP contribution in [-0.2, 0) is 13.3 Å². The van der Waals surface area contributed by atoms with Crippen molar-refractivity contribution in [2.45, 2.75) is 0 Å². The second kappa shape index (κ2) is 49.5. The summed E-state index contributed by atoms with van der Waals surface area (Å²) in [4.78, 5) is 0. The van der Waals surface area contributed by atoms with Crippen molar-refractivity contribution in [2.24, 2.45) is 0 Å². The lowest BCUT2D eigenvalue weighted by Gasteiger charge is -2.05. The van der Waals surface area contributed by atoms with Crippen molar-refractivity contribution in [2.75, 3.05) is 74.2 Å². The van der Waals surface area contributed by atoms with E-state index < -0.39 is 9.53 Å². The molecule has 0 rings (SSSR count). The first-order valence-electron chi connectivity index (χ1n) is 6.46. The monoisotopic (exact) mass is 370 g/mol. The Morgan fingerprint density at radius 3 is 0.565 bits per heavy atom. The molecular formula is C11H34O11Si. The van der Waals surface area contributed by atoms with Crippen LogP contribution in [0.1, 0.15) is 0 Å². The molecule has 0 saturated carbocycles. The van der Waals surface area contributed by atoms with Gasteiger partial charge in [0.1, 0.15) is 0 Å². The molecule has 0 aromatic rings. The highest BCUT2D eigenvalue weighted by molar-refractivity contribution is 6.36. The standard InChI is InChI=1S/C3H10O3Si.4C2H6O2/c1-4-7(5-2)6-3;4*3-1-2-4/h7H,1-3H3;4*3-4H,1-2H2. The predicted molar refractivity (Wildman–Crippen MR) is 84.9 cm³/mol. The van der Waals surface area contributed by atoms with E-state index in [1.165, 1.54) is 0 Å². The minimum atomic E-state index is -1.67. The summed E-state index contributed by atoms with van der Waals surface area (Å²) < 4.78 is 14.2. The topological polar surface area (TPSA) is 190 Å². The molecule has 0 saturated heterocycles. The van der Waals surface area contributed by atoms with E-state index in [9.17, 15) is 0 Å². The number of aliphatic hydroxyl groups excluding tert-OH is 8. The van der Waals surface area contributed by atoms with Crippen LogP contribution >= 0.6 is 0 Å². The molecule has 8 N–H and O–H groups in total. The van der Waals surface area contributed by atoms with Crippen LogP contribution in [0, 0.1) is 0 Å². The van der Waals surface area contributed by atoms with Crippen molar-refractivity contribution < 1.29 is 54.1 Å². The Morgan fingerprint density at radius 2 is 0.565 bits per heavy atom. The van der Waals surface area contributed by atoms with Gasteiger partial charge < -0.3 is 54.1 Å². The summed E-state index contributed by atoms with van der Waals surface area (Å²) in [5.41, 5.74) is 0. The van der Waals surface area contributed by atoms with E-state index in [4.69, 9.17) is 54.1 Å². The number of aliphatic hydroxyl groups is 8. The third-order valence-electron chi connectivity index (χ3n) is 0.977. The van der Waals surface area contributed by atoms with Crippen molar-refractivity contribution in [1.82, 2.24) is 0 Å². The van der Waals surface area contributed by atoms with Gasteiger partial charge in [-0.2, -0.15) is 0 Å². The Balaban J connectivity index is -0.0000000604. The zero-order valence-electron chi connectivity index (χ0n) is 14.0. The van der Waals surface area contributed by atoms with Gasteiger partial charge in [0, 0.05) is 21.3 Å². The molecule has 0 spiro atoms. The molecule has 0 fully saturated rings. The highest BCUT2D eigenvalue weighted by Crippen LogP contribution is 1.81. The molecule has 12 heteroatoms. The van der Waals surface area contributed by atoms with E-state index in [2.05, 4.69) is 0 Å². The summed E-state index contributed by atoms with van der Waals surface area (Å²) in [6.45, 7) is -1.00. The zero-order valence-corrected chi connectivity index (χ0v) is 15.2. The van der Waals surface area contributed by atoms with Crippen LogP contribution in [0.25, 0.3) is 0 Å². The molecule has 0 atom stereocenters. The fourth-order valence-electron chi connectivity index (χ4n) is 0.289. The van der Waals surface area contributed by atoms with Gasteiger partial charge in [0.15, 0.2) is 0 Å². The van der Waals surface area contributed by atoms with Gasteiger partial charge >= 0.3 is 9.53 Å². The maximum Gasteiger partial charge on any atom is 0.483 e. The summed E-state index contributed by atoms with van der Waals surface area (Å²) in [6, 6.07) is 0. The van der Waals surface area contributed by atoms with Crippen LogP contribution in [-0.4, -0.2) is 125 Å². The fourth-order valence-corrected chi connectivity index (χ4v) is 0.866. The molecular weight excluding hydrogens is 336 g/mol. The van der Waals surface area contributed by atoms with Crippen LogP contribution in [0.4, 0.5) is 0 Å². The summed E-state index contributed by atoms with van der Waals surface area (Å²) in [5.74, 6) is 0. The Morgan fingerprint density at radius 1 is 0.435 bits per heavy atom. The molecule has 0 aliphatic carbocycles. The first-order chi connectivity index (χ1) is 11.0. The molecule has 0 aromatic carbocycles. The van der Waals surface area contributed by atoms with Gasteiger partial charge in [-0.15, -0.1) is 0 Å². The number of hydrogen-bond donors (Lipinski definition) is 8. The molecule has 11 nitrogen and oxygen atoms in total. The van der Waals surface area contributed by atoms with Crippen molar-refractivity contribution in [3.8, 4) is 0 Å². The molecule has 0 aliphatic heterocycles. The molecule has 0 bridgehead atoms. The molecule has 148 valence electrons. The van der Waals surface area contributed by atoms with Gasteiger partial charge in [0.05, 0.1) is 52.9 Å². The average molecular weight is 370 g/mol. The Bertz CT molecular complexity index is 101. The van der Waals surface area contributed by atoms with Gasteiger partial charge in [0.2, 0.25) is 0 Å². The van der Waals surface area contributed by atoms with Crippen molar-refractivity contribution in [3.05, 3.63) is 0 Å². The summed E-state index contributed by atoms with van der Waals surface area (Å²) in [6.07, 6.45) is 0. The molecule has 0 unspecified atom stereocenters. The average Bonchev–Trinajstić information content (AvgIpc) is 2.63. The van der Waals surface area contributed by atoms with Crippen LogP contribution < -0.4 is 0 Å². The Kier molecular flexibility index (Phi) is 73.6. The first kappa shape index (κ1) is 34.2. The maximum absolute atomic E-state index is 7.62. The Hall–Kier alpha value is -0.223. The summed E-state index contributed by atoms with van der Waals surface area (Å²) in [7, 11) is 3.05. The van der Waals surface area contributed by atoms with Gasteiger partial charge in [-0.05, 0) is 0 Å². The molecule has 0 amide bonds. The SMILES string of the molecule is CO[SiH](OC)OC.OCCO.OCCO.OCCO.OCCO. The highest BCUT2D eigenvalue weighted by atomic mass is 28.3. The first-order valence-corrected chi connectivity index (χ1v) is 7.88. The van der Waals surface area contributed by atoms with E-state index in [0.717, 1.165) is 0 Å². The van der Waals surface area contributed by atoms with Crippen molar-refractivity contribution in [3.63, 3.8) is 0 Å². The van der Waals surface area contributed by atoms with Crippen molar-refractivity contribution >= 4 is 9.53 Å². The summed E-state index contributed by atoms with van der Waals surface area (Å²) in [5, 5.41) is 61.0. The van der Waals surface area contributed by atoms with E-state index in [-0.39, 0.29) is 52.9 Å². The number of hydrogen-bond acceptors (Lipinski definition) is 11. The third kappa shape index (κ3) is 89.1. The van der Waals surface area contributed by atoms with Crippen LogP contribution in [0.5, 0.6) is 0 Å². The Labute approximate surface area is 138 Å². The highest BCUT2D eigenvalue weighted by Gasteiger charge is 2.04. The zero-order chi connectivity index (χ0) is 19.4. The maximum atomic E-state index is 7.62. The normalized spacial score (nSPS) is 8.35. The van der Waals surface area contributed by atoms with Gasteiger partial charge in [0.25, 0.3) is 0 Å². The van der Waals surface area contributed by atoms with Crippen LogP contribution in [0.15, 0.2) is 0 Å². The number of rotatable bonds is 7. The van der Waals surface area contributed by atoms with E-state index in [0.29, 0.717) is 0 Å². The minimum absolute atomic E-state index is 0.125. The lowest BCUT2D eigenvalue weighted by molar-refractivity contribution is 0.163. The van der Waals surface area contributed by atoms with Gasteiger partial charge in [-0.25, -0.2) is 0 Å². The fraction of sp³-hybridized carbons (Fsp3) is 1.00. The van der Waals surface area contributed by atoms with E-state index >= 15 is 0 Å². The minimum Gasteiger partial charge on any atom is -0.394 e. The molecule has 0 heterocycles. The second-order valence-corrected chi connectivity index (χ2v) is 4.78. The molecule has 0 radical (unpaired) electrons. The second-order valence-electron chi connectivity index (χ2n) is 2.78. The molecule has 0 aromatic heterocycles. The smallest absolute Gasteiger partial charge is 0.394 e. The van der Waals surface area contributed by atoms with E-state index in [1.807, 2.05) is 0 Å². The largest absolute Gasteiger partial charge is 0.483 e. The lowest BCUT2D eigenvalue weighted by Crippen LogP contribution is -2.21. The van der Waals surface area contributed by atoms with Crippen LogP contribution in [0.2, 0.25) is 0 Å². The van der Waals surface area contributed by atoms with Crippen molar-refractivity contribution in [1.29, 1.82) is 0 Å². The lowest BCUT2D eigenvalue weighted by atomic mass is 10.8. The predicted octanol–water partition coefficient (Wildman–Crippen LogP) is -4.47. The van der Waals surface area contributed by atoms with Gasteiger partial charge in [-0.1, -0.05) is 0 Å². The van der Waals surface area contributed by atoms with Gasteiger partial charge in [-0.3, -0.25) is 0 Å². The summed E-state index contributed by atoms with van der Waals surface area (Å²) >= 11 is 0. The quantitative estimate of drug-likeness (QED) is 0.202. The molecule has 0 aliphatic rings. The van der Waals surface area contributed by atoms with E-state index in [1.54, 1.807) is 21.3 Å².